The Morgan fingerprint density at radius 3 is 2.57 bits per heavy atom. The van der Waals surface area contributed by atoms with E-state index in [4.69, 9.17) is 25.8 Å². The van der Waals surface area contributed by atoms with Gasteiger partial charge in [0.1, 0.15) is 24.0 Å². The fourth-order valence-corrected chi connectivity index (χ4v) is 4.62. The molecule has 0 bridgehead atoms. The first-order chi connectivity index (χ1) is 20.3. The van der Waals surface area contributed by atoms with Gasteiger partial charge in [0, 0.05) is 42.8 Å². The molecule has 0 saturated carbocycles. The first kappa shape index (κ1) is 28.6. The number of methoxy groups -OCH3 is 1. The summed E-state index contributed by atoms with van der Waals surface area (Å²) in [7, 11) is 1.62. The van der Waals surface area contributed by atoms with E-state index in [1.807, 2.05) is 29.7 Å². The number of halogens is 3. The minimum absolute atomic E-state index is 0.0131. The van der Waals surface area contributed by atoms with Crippen LogP contribution in [0.3, 0.4) is 0 Å². The Balaban J connectivity index is 1.42. The maximum absolute atomic E-state index is 14.3. The van der Waals surface area contributed by atoms with Crippen molar-refractivity contribution >= 4 is 16.7 Å². The first-order valence-corrected chi connectivity index (χ1v) is 13.1. The maximum atomic E-state index is 14.3. The van der Waals surface area contributed by atoms with E-state index in [1.54, 1.807) is 37.4 Å². The van der Waals surface area contributed by atoms with Crippen molar-refractivity contribution in [3.05, 3.63) is 113 Å². The Labute approximate surface area is 241 Å². The Morgan fingerprint density at radius 2 is 1.81 bits per heavy atom. The molecule has 7 nitrogen and oxygen atoms in total. The highest BCUT2D eigenvalue weighted by Crippen LogP contribution is 2.31. The third-order valence-corrected chi connectivity index (χ3v) is 6.69. The van der Waals surface area contributed by atoms with Gasteiger partial charge in [0.15, 0.2) is 5.69 Å². The quantitative estimate of drug-likeness (QED) is 0.153. The zero-order chi connectivity index (χ0) is 29.6. The van der Waals surface area contributed by atoms with Gasteiger partial charge >= 0.3 is 6.61 Å². The summed E-state index contributed by atoms with van der Waals surface area (Å²) in [5.41, 5.74) is 4.85. The molecule has 0 unspecified atom stereocenters. The number of imidazole rings is 1. The molecule has 0 atom stereocenters. The van der Waals surface area contributed by atoms with Crippen molar-refractivity contribution in [1.29, 1.82) is 0 Å². The van der Waals surface area contributed by atoms with Gasteiger partial charge in [-0.25, -0.2) is 19.2 Å². The van der Waals surface area contributed by atoms with Crippen LogP contribution in [0.4, 0.5) is 18.9 Å². The van der Waals surface area contributed by atoms with Crippen LogP contribution in [0.25, 0.3) is 27.1 Å². The second kappa shape index (κ2) is 12.7. The lowest BCUT2D eigenvalue weighted by Crippen LogP contribution is -2.10. The van der Waals surface area contributed by atoms with E-state index >= 15 is 0 Å². The van der Waals surface area contributed by atoms with Crippen LogP contribution in [0.5, 0.6) is 11.6 Å². The molecule has 42 heavy (non-hydrogen) atoms. The highest BCUT2D eigenvalue weighted by molar-refractivity contribution is 5.77. The average molecular weight is 573 g/mol. The molecule has 0 aliphatic carbocycles. The van der Waals surface area contributed by atoms with Crippen molar-refractivity contribution in [2.45, 2.75) is 33.1 Å². The summed E-state index contributed by atoms with van der Waals surface area (Å²) in [6.45, 7) is 6.90. The monoisotopic (exact) mass is 572 g/mol. The SMILES string of the molecule is [C-]#[N+]c1ccc(COc2cccc(-c3ccc(Cc4nc5ccc(C)cc5n4CCOC)c(OC(F)F)c3)n2)c(F)c1. The molecule has 0 radical (unpaired) electrons. The fraction of sp³-hybridized carbons (Fsp3) is 0.219. The van der Waals surface area contributed by atoms with Gasteiger partial charge in [-0.1, -0.05) is 36.4 Å². The fourth-order valence-electron chi connectivity index (χ4n) is 4.62. The van der Waals surface area contributed by atoms with Gasteiger partial charge in [-0.15, -0.1) is 0 Å². The van der Waals surface area contributed by atoms with Gasteiger partial charge in [-0.05, 0) is 42.8 Å². The minimum atomic E-state index is -3.03. The second-order valence-electron chi connectivity index (χ2n) is 9.58. The number of hydrogen-bond acceptors (Lipinski definition) is 5. The van der Waals surface area contributed by atoms with E-state index in [-0.39, 0.29) is 35.9 Å². The van der Waals surface area contributed by atoms with Gasteiger partial charge in [-0.3, -0.25) is 0 Å². The van der Waals surface area contributed by atoms with Gasteiger partial charge in [0.25, 0.3) is 0 Å². The molecule has 2 aromatic heterocycles. The predicted molar refractivity (Wildman–Crippen MR) is 152 cm³/mol. The molecular weight excluding hydrogens is 545 g/mol. The summed E-state index contributed by atoms with van der Waals surface area (Å²) in [6, 6.07) is 20.2. The van der Waals surface area contributed by atoms with E-state index in [0.29, 0.717) is 35.8 Å². The maximum Gasteiger partial charge on any atom is 0.387 e. The summed E-state index contributed by atoms with van der Waals surface area (Å²) in [6.07, 6.45) is 0.258. The Bertz CT molecular complexity index is 1760. The van der Waals surface area contributed by atoms with Gasteiger partial charge in [-0.2, -0.15) is 8.78 Å². The molecule has 0 saturated heterocycles. The minimum Gasteiger partial charge on any atom is -0.473 e. The number of benzene rings is 3. The molecule has 214 valence electrons. The second-order valence-corrected chi connectivity index (χ2v) is 9.58. The number of fused-ring (bicyclic) bond motifs is 1. The number of pyridine rings is 1. The number of hydrogen-bond donors (Lipinski definition) is 0. The van der Waals surface area contributed by atoms with Gasteiger partial charge < -0.3 is 18.8 Å². The predicted octanol–water partition coefficient (Wildman–Crippen LogP) is 7.51. The topological polar surface area (TPSA) is 62.8 Å². The molecule has 0 fully saturated rings. The van der Waals surface area contributed by atoms with E-state index in [1.165, 1.54) is 18.2 Å². The van der Waals surface area contributed by atoms with Crippen molar-refractivity contribution in [3.8, 4) is 22.9 Å². The summed E-state index contributed by atoms with van der Waals surface area (Å²) >= 11 is 0. The van der Waals surface area contributed by atoms with Crippen LogP contribution in [0, 0.1) is 19.3 Å². The zero-order valence-corrected chi connectivity index (χ0v) is 23.0. The lowest BCUT2D eigenvalue weighted by Gasteiger charge is -2.14. The third-order valence-electron chi connectivity index (χ3n) is 6.69. The van der Waals surface area contributed by atoms with Crippen molar-refractivity contribution in [2.75, 3.05) is 13.7 Å². The molecule has 0 N–H and O–H groups in total. The van der Waals surface area contributed by atoms with E-state index < -0.39 is 12.4 Å². The molecule has 5 aromatic rings. The summed E-state index contributed by atoms with van der Waals surface area (Å²) in [4.78, 5) is 12.5. The third kappa shape index (κ3) is 6.53. The number of rotatable bonds is 11. The van der Waals surface area contributed by atoms with Crippen LogP contribution in [0.1, 0.15) is 22.5 Å². The van der Waals surface area contributed by atoms with Crippen molar-refractivity contribution < 1.29 is 27.4 Å². The molecule has 0 amide bonds. The molecule has 2 heterocycles. The molecule has 5 rings (SSSR count). The van der Waals surface area contributed by atoms with Crippen molar-refractivity contribution in [3.63, 3.8) is 0 Å². The summed E-state index contributed by atoms with van der Waals surface area (Å²) in [5.74, 6) is 0.391. The summed E-state index contributed by atoms with van der Waals surface area (Å²) < 4.78 is 59.2. The normalized spacial score (nSPS) is 11.2. The number of nitrogens with zero attached hydrogens (tertiary/aromatic N) is 4. The van der Waals surface area contributed by atoms with Crippen LogP contribution in [0.15, 0.2) is 72.8 Å². The van der Waals surface area contributed by atoms with Crippen LogP contribution in [-0.2, 0) is 24.3 Å². The zero-order valence-electron chi connectivity index (χ0n) is 23.0. The number of aryl methyl sites for hydroxylation is 1. The van der Waals surface area contributed by atoms with Crippen molar-refractivity contribution in [2.24, 2.45) is 0 Å². The summed E-state index contributed by atoms with van der Waals surface area (Å²) in [5, 5.41) is 0. The van der Waals surface area contributed by atoms with E-state index in [9.17, 15) is 13.2 Å². The lowest BCUT2D eigenvalue weighted by molar-refractivity contribution is -0.0503. The largest absolute Gasteiger partial charge is 0.473 e. The number of alkyl halides is 2. The highest BCUT2D eigenvalue weighted by Gasteiger charge is 2.17. The standard InChI is InChI=1S/C32H27F3N4O3/c1-20-7-12-27-28(15-20)39(13-14-40-3)30(37-27)17-22-9-8-21(16-29(22)42-32(34)35)26-5-4-6-31(38-26)41-19-23-10-11-24(36-2)18-25(23)33/h4-12,15-16,18,32H,13-14,17,19H2,1,3H3. The number of ether oxygens (including phenoxy) is 3. The Kier molecular flexibility index (Phi) is 8.69. The Morgan fingerprint density at radius 1 is 0.976 bits per heavy atom. The molecular formula is C32H27F3N4O3. The van der Waals surface area contributed by atoms with Crippen LogP contribution < -0.4 is 9.47 Å². The van der Waals surface area contributed by atoms with Crippen LogP contribution in [-0.4, -0.2) is 34.9 Å². The van der Waals surface area contributed by atoms with Crippen LogP contribution in [0.2, 0.25) is 0 Å². The smallest absolute Gasteiger partial charge is 0.387 e. The number of aromatic nitrogens is 3. The Hall–Kier alpha value is -4.88. The molecule has 0 aliphatic heterocycles. The molecule has 3 aromatic carbocycles. The van der Waals surface area contributed by atoms with Crippen LogP contribution >= 0.6 is 0 Å². The molecule has 10 heteroatoms. The molecule has 0 spiro atoms. The van der Waals surface area contributed by atoms with E-state index in [0.717, 1.165) is 22.7 Å². The van der Waals surface area contributed by atoms with Gasteiger partial charge in [0.2, 0.25) is 5.88 Å². The van der Waals surface area contributed by atoms with Gasteiger partial charge in [0.05, 0.1) is 29.9 Å². The van der Waals surface area contributed by atoms with E-state index in [2.05, 4.69) is 9.83 Å². The molecule has 0 aliphatic rings. The first-order valence-electron chi connectivity index (χ1n) is 13.1. The highest BCUT2D eigenvalue weighted by atomic mass is 19.3. The lowest BCUT2D eigenvalue weighted by atomic mass is 10.0. The average Bonchev–Trinajstić information content (AvgIpc) is 3.31. The van der Waals surface area contributed by atoms with Crippen molar-refractivity contribution in [1.82, 2.24) is 14.5 Å².